The monoisotopic (exact) mass is 338 g/mol. The van der Waals surface area contributed by atoms with Gasteiger partial charge >= 0.3 is 0 Å². The van der Waals surface area contributed by atoms with Gasteiger partial charge in [-0.1, -0.05) is 0 Å². The maximum atomic E-state index is 12.1. The van der Waals surface area contributed by atoms with E-state index in [2.05, 4.69) is 21.0 Å². The van der Waals surface area contributed by atoms with E-state index in [0.717, 1.165) is 6.26 Å². The third-order valence-corrected chi connectivity index (χ3v) is 4.63. The maximum Gasteiger partial charge on any atom is 0.199 e. The van der Waals surface area contributed by atoms with Crippen LogP contribution in [0.1, 0.15) is 17.4 Å². The van der Waals surface area contributed by atoms with Crippen LogP contribution >= 0.6 is 15.9 Å². The molecular formula is C10H15BrN2O4S. The van der Waals surface area contributed by atoms with Crippen LogP contribution in [0, 0.1) is 0 Å². The van der Waals surface area contributed by atoms with E-state index < -0.39 is 20.9 Å². The molecule has 102 valence electrons. The number of halogens is 1. The van der Waals surface area contributed by atoms with Crippen molar-refractivity contribution in [3.05, 3.63) is 16.4 Å². The van der Waals surface area contributed by atoms with Crippen molar-refractivity contribution in [2.24, 2.45) is 0 Å². The lowest BCUT2D eigenvalue weighted by Gasteiger charge is -2.11. The number of ketones is 1. The lowest BCUT2D eigenvalue weighted by Crippen LogP contribution is -2.29. The van der Waals surface area contributed by atoms with E-state index in [0.29, 0.717) is 17.6 Å². The highest BCUT2D eigenvalue weighted by molar-refractivity contribution is 9.10. The molecule has 0 saturated heterocycles. The number of rotatable bonds is 6. The number of methoxy groups -OCH3 is 1. The van der Waals surface area contributed by atoms with Crippen LogP contribution in [0.4, 0.5) is 0 Å². The van der Waals surface area contributed by atoms with Crippen LogP contribution in [-0.4, -0.2) is 49.2 Å². The second-order valence-corrected chi connectivity index (χ2v) is 7.11. The van der Waals surface area contributed by atoms with Crippen LogP contribution in [0.25, 0.3) is 0 Å². The molecule has 0 N–H and O–H groups in total. The van der Waals surface area contributed by atoms with E-state index in [9.17, 15) is 13.2 Å². The minimum Gasteiger partial charge on any atom is -0.383 e. The van der Waals surface area contributed by atoms with Gasteiger partial charge in [0.1, 0.15) is 10.9 Å². The van der Waals surface area contributed by atoms with Crippen molar-refractivity contribution in [3.63, 3.8) is 0 Å². The molecule has 1 unspecified atom stereocenters. The SMILES string of the molecule is COCCn1ncc(Br)c1C(=O)C(C)S(C)(=O)=O. The van der Waals surface area contributed by atoms with E-state index in [4.69, 9.17) is 4.74 Å². The molecule has 1 aromatic heterocycles. The maximum absolute atomic E-state index is 12.1. The summed E-state index contributed by atoms with van der Waals surface area (Å²) in [6.07, 6.45) is 2.51. The van der Waals surface area contributed by atoms with Gasteiger partial charge in [-0.25, -0.2) is 8.42 Å². The quantitative estimate of drug-likeness (QED) is 0.720. The van der Waals surface area contributed by atoms with Gasteiger partial charge < -0.3 is 4.74 Å². The molecule has 0 amide bonds. The summed E-state index contributed by atoms with van der Waals surface area (Å²) in [5.74, 6) is -0.474. The summed E-state index contributed by atoms with van der Waals surface area (Å²) in [5.41, 5.74) is 0.255. The lowest BCUT2D eigenvalue weighted by molar-refractivity contribution is 0.0977. The molecule has 0 saturated carbocycles. The zero-order chi connectivity index (χ0) is 13.9. The van der Waals surface area contributed by atoms with E-state index in [1.165, 1.54) is 17.8 Å². The minimum absolute atomic E-state index is 0.255. The Labute approximate surface area is 114 Å². The third kappa shape index (κ3) is 3.39. The van der Waals surface area contributed by atoms with E-state index in [1.807, 2.05) is 0 Å². The second-order valence-electron chi connectivity index (χ2n) is 3.89. The molecule has 8 heteroatoms. The van der Waals surface area contributed by atoms with Crippen LogP contribution in [0.5, 0.6) is 0 Å². The van der Waals surface area contributed by atoms with E-state index >= 15 is 0 Å². The molecule has 1 rings (SSSR count). The van der Waals surface area contributed by atoms with Gasteiger partial charge in [-0.2, -0.15) is 5.10 Å². The van der Waals surface area contributed by atoms with Gasteiger partial charge in [-0.05, 0) is 22.9 Å². The van der Waals surface area contributed by atoms with Crippen LogP contribution in [0.2, 0.25) is 0 Å². The van der Waals surface area contributed by atoms with Crippen molar-refractivity contribution < 1.29 is 17.9 Å². The van der Waals surface area contributed by atoms with E-state index in [1.54, 1.807) is 7.11 Å². The smallest absolute Gasteiger partial charge is 0.199 e. The number of hydrogen-bond donors (Lipinski definition) is 0. The van der Waals surface area contributed by atoms with Crippen molar-refractivity contribution in [3.8, 4) is 0 Å². The highest BCUT2D eigenvalue weighted by Crippen LogP contribution is 2.19. The van der Waals surface area contributed by atoms with Gasteiger partial charge in [0.15, 0.2) is 15.6 Å². The molecule has 0 fully saturated rings. The summed E-state index contributed by atoms with van der Waals surface area (Å²) in [4.78, 5) is 12.1. The first kappa shape index (κ1) is 15.3. The molecule has 0 aliphatic carbocycles. The van der Waals surface area contributed by atoms with Gasteiger partial charge in [0.25, 0.3) is 0 Å². The van der Waals surface area contributed by atoms with Gasteiger partial charge in [0, 0.05) is 13.4 Å². The van der Waals surface area contributed by atoms with Gasteiger partial charge in [0.2, 0.25) is 0 Å². The number of ether oxygens (including phenoxy) is 1. The normalized spacial score (nSPS) is 13.6. The average molecular weight is 339 g/mol. The van der Waals surface area contributed by atoms with Crippen molar-refractivity contribution in [2.45, 2.75) is 18.7 Å². The van der Waals surface area contributed by atoms with Crippen LogP contribution in [0.3, 0.4) is 0 Å². The molecule has 0 aliphatic rings. The number of carbonyl (C=O) groups excluding carboxylic acids is 1. The van der Waals surface area contributed by atoms with E-state index in [-0.39, 0.29) is 5.69 Å². The van der Waals surface area contributed by atoms with Crippen LogP contribution in [-0.2, 0) is 21.1 Å². The Bertz CT molecular complexity index is 538. The number of sulfone groups is 1. The topological polar surface area (TPSA) is 78.3 Å². The zero-order valence-electron chi connectivity index (χ0n) is 10.4. The van der Waals surface area contributed by atoms with Gasteiger partial charge in [-0.3, -0.25) is 9.48 Å². The Balaban J connectivity index is 3.09. The van der Waals surface area contributed by atoms with Gasteiger partial charge in [0.05, 0.1) is 23.8 Å². The van der Waals surface area contributed by atoms with Crippen molar-refractivity contribution in [1.82, 2.24) is 9.78 Å². The fraction of sp³-hybridized carbons (Fsp3) is 0.600. The zero-order valence-corrected chi connectivity index (χ0v) is 12.8. The standard InChI is InChI=1S/C10H15BrN2O4S/c1-7(18(3,15)16)10(14)9-8(11)6-12-13(9)4-5-17-2/h6-7H,4-5H2,1-3H3. The average Bonchev–Trinajstić information content (AvgIpc) is 2.64. The molecule has 1 heterocycles. The Morgan fingerprint density at radius 2 is 2.22 bits per heavy atom. The van der Waals surface area contributed by atoms with Crippen LogP contribution in [0.15, 0.2) is 10.7 Å². The fourth-order valence-electron chi connectivity index (χ4n) is 1.34. The number of Topliss-reactive ketones (excluding diaryl/α,β-unsaturated/α-hetero) is 1. The van der Waals surface area contributed by atoms with Crippen molar-refractivity contribution in [2.75, 3.05) is 20.0 Å². The molecule has 1 aromatic rings. The highest BCUT2D eigenvalue weighted by Gasteiger charge is 2.29. The fourth-order valence-corrected chi connectivity index (χ4v) is 2.33. The predicted molar refractivity (Wildman–Crippen MR) is 70.4 cm³/mol. The summed E-state index contributed by atoms with van der Waals surface area (Å²) >= 11 is 3.20. The highest BCUT2D eigenvalue weighted by atomic mass is 79.9. The first-order valence-corrected chi connectivity index (χ1v) is 7.97. The first-order valence-electron chi connectivity index (χ1n) is 5.22. The number of hydrogen-bond acceptors (Lipinski definition) is 5. The largest absolute Gasteiger partial charge is 0.383 e. The number of aromatic nitrogens is 2. The van der Waals surface area contributed by atoms with Crippen molar-refractivity contribution in [1.29, 1.82) is 0 Å². The minimum atomic E-state index is -3.42. The molecular weight excluding hydrogens is 324 g/mol. The first-order chi connectivity index (χ1) is 8.29. The number of carbonyl (C=O) groups is 1. The molecule has 0 radical (unpaired) electrons. The summed E-state index contributed by atoms with van der Waals surface area (Å²) < 4.78 is 29.7. The molecule has 0 aliphatic heterocycles. The molecule has 0 bridgehead atoms. The Morgan fingerprint density at radius 3 is 2.72 bits per heavy atom. The molecule has 18 heavy (non-hydrogen) atoms. The van der Waals surface area contributed by atoms with Gasteiger partial charge in [-0.15, -0.1) is 0 Å². The summed E-state index contributed by atoms with van der Waals surface area (Å²) in [6.45, 7) is 2.15. The molecule has 0 spiro atoms. The Hall–Kier alpha value is -0.730. The Kier molecular flexibility index (Phi) is 5.06. The van der Waals surface area contributed by atoms with Crippen molar-refractivity contribution >= 4 is 31.6 Å². The lowest BCUT2D eigenvalue weighted by atomic mass is 10.2. The molecule has 6 nitrogen and oxygen atoms in total. The second kappa shape index (κ2) is 5.94. The summed E-state index contributed by atoms with van der Waals surface area (Å²) in [6, 6.07) is 0. The molecule has 1 atom stereocenters. The predicted octanol–water partition coefficient (Wildman–Crippen LogP) is 0.908. The molecule has 0 aromatic carbocycles. The summed E-state index contributed by atoms with van der Waals surface area (Å²) in [7, 11) is -1.88. The summed E-state index contributed by atoms with van der Waals surface area (Å²) in [5, 5.41) is 2.92. The number of nitrogens with zero attached hydrogens (tertiary/aromatic N) is 2. The Morgan fingerprint density at radius 1 is 1.61 bits per heavy atom. The van der Waals surface area contributed by atoms with Crippen LogP contribution < -0.4 is 0 Å². The third-order valence-electron chi connectivity index (χ3n) is 2.55.